The maximum absolute atomic E-state index is 11.1. The van der Waals surface area contributed by atoms with Gasteiger partial charge < -0.3 is 14.5 Å². The molecule has 0 bridgehead atoms. The van der Waals surface area contributed by atoms with Crippen molar-refractivity contribution in [1.82, 2.24) is 5.32 Å². The number of ether oxygens (including phenoxy) is 1. The van der Waals surface area contributed by atoms with Gasteiger partial charge in [-0.2, -0.15) is 0 Å². The minimum Gasteiger partial charge on any atom is -0.469 e. The molecule has 0 radical (unpaired) electrons. The Bertz CT molecular complexity index is 382. The molecule has 1 aromatic heterocycles. The molecule has 0 aliphatic heterocycles. The van der Waals surface area contributed by atoms with Crippen LogP contribution in [0, 0.1) is 0 Å². The Balaban J connectivity index is 2.21. The fourth-order valence-electron chi connectivity index (χ4n) is 1.57. The number of carbonyl (C=O) groups excluding carboxylic acids is 1. The molecular weight excluding hydrogens is 230 g/mol. The van der Waals surface area contributed by atoms with Crippen LogP contribution in [-0.2, 0) is 16.0 Å². The van der Waals surface area contributed by atoms with Gasteiger partial charge in [-0.05, 0) is 32.4 Å². The molecule has 1 N–H and O–H groups in total. The molecule has 0 saturated carbocycles. The SMILES string of the molecule is COC(=O)/C(C)=C/CNC(C)CCc1ccco1. The summed E-state index contributed by atoms with van der Waals surface area (Å²) in [5.41, 5.74) is 0.628. The molecule has 1 heterocycles. The number of aryl methyl sites for hydroxylation is 1. The second-order valence-electron chi connectivity index (χ2n) is 4.31. The standard InChI is InChI=1S/C14H21NO3/c1-11(14(16)17-3)8-9-15-12(2)6-7-13-5-4-10-18-13/h4-5,8,10,12,15H,6-7,9H2,1-3H3/b11-8+. The van der Waals surface area contributed by atoms with E-state index in [0.29, 0.717) is 18.2 Å². The van der Waals surface area contributed by atoms with Crippen molar-refractivity contribution in [3.8, 4) is 0 Å². The first-order valence-electron chi connectivity index (χ1n) is 6.14. The lowest BCUT2D eigenvalue weighted by Gasteiger charge is -2.11. The van der Waals surface area contributed by atoms with Crippen molar-refractivity contribution in [3.05, 3.63) is 35.8 Å². The zero-order chi connectivity index (χ0) is 13.4. The third kappa shape index (κ3) is 5.19. The van der Waals surface area contributed by atoms with Gasteiger partial charge in [-0.1, -0.05) is 6.08 Å². The molecule has 0 aromatic carbocycles. The van der Waals surface area contributed by atoms with E-state index in [2.05, 4.69) is 17.0 Å². The van der Waals surface area contributed by atoms with Gasteiger partial charge >= 0.3 is 5.97 Å². The summed E-state index contributed by atoms with van der Waals surface area (Å²) in [6.07, 6.45) is 5.45. The van der Waals surface area contributed by atoms with Gasteiger partial charge in [0.05, 0.1) is 13.4 Å². The number of nitrogens with one attached hydrogen (secondary N) is 1. The van der Waals surface area contributed by atoms with Crippen LogP contribution in [0.2, 0.25) is 0 Å². The van der Waals surface area contributed by atoms with Crippen LogP contribution >= 0.6 is 0 Å². The number of furan rings is 1. The highest BCUT2D eigenvalue weighted by Crippen LogP contribution is 2.05. The molecule has 0 spiro atoms. The van der Waals surface area contributed by atoms with E-state index in [9.17, 15) is 4.79 Å². The van der Waals surface area contributed by atoms with Gasteiger partial charge in [0.2, 0.25) is 0 Å². The topological polar surface area (TPSA) is 51.5 Å². The molecule has 1 rings (SSSR count). The first-order valence-corrected chi connectivity index (χ1v) is 6.14. The number of hydrogen-bond acceptors (Lipinski definition) is 4. The maximum atomic E-state index is 11.1. The summed E-state index contributed by atoms with van der Waals surface area (Å²) in [5, 5.41) is 3.33. The predicted molar refractivity (Wildman–Crippen MR) is 70.3 cm³/mol. The molecule has 4 nitrogen and oxygen atoms in total. The highest BCUT2D eigenvalue weighted by molar-refractivity contribution is 5.87. The Morgan fingerprint density at radius 3 is 3.00 bits per heavy atom. The van der Waals surface area contributed by atoms with E-state index in [4.69, 9.17) is 4.42 Å². The number of methoxy groups -OCH3 is 1. The van der Waals surface area contributed by atoms with Crippen LogP contribution in [0.5, 0.6) is 0 Å². The lowest BCUT2D eigenvalue weighted by molar-refractivity contribution is -0.136. The normalized spacial score (nSPS) is 13.4. The van der Waals surface area contributed by atoms with Gasteiger partial charge in [-0.15, -0.1) is 0 Å². The van der Waals surface area contributed by atoms with E-state index >= 15 is 0 Å². The summed E-state index contributed by atoms with van der Waals surface area (Å²) in [7, 11) is 1.39. The lowest BCUT2D eigenvalue weighted by atomic mass is 10.1. The molecular formula is C14H21NO3. The molecule has 1 atom stereocenters. The highest BCUT2D eigenvalue weighted by atomic mass is 16.5. The Morgan fingerprint density at radius 2 is 2.39 bits per heavy atom. The molecule has 0 aliphatic rings. The van der Waals surface area contributed by atoms with Gasteiger partial charge in [-0.25, -0.2) is 4.79 Å². The van der Waals surface area contributed by atoms with E-state index in [0.717, 1.165) is 18.6 Å². The summed E-state index contributed by atoms with van der Waals surface area (Å²) in [6.45, 7) is 4.53. The Morgan fingerprint density at radius 1 is 1.61 bits per heavy atom. The van der Waals surface area contributed by atoms with E-state index in [1.54, 1.807) is 13.2 Å². The largest absolute Gasteiger partial charge is 0.469 e. The lowest BCUT2D eigenvalue weighted by Crippen LogP contribution is -2.27. The van der Waals surface area contributed by atoms with E-state index in [1.165, 1.54) is 7.11 Å². The fourth-order valence-corrected chi connectivity index (χ4v) is 1.57. The number of carbonyl (C=O) groups is 1. The average Bonchev–Trinajstić information content (AvgIpc) is 2.88. The molecule has 0 saturated heterocycles. The quantitative estimate of drug-likeness (QED) is 0.597. The number of rotatable bonds is 7. The first kappa shape index (κ1) is 14.5. The zero-order valence-electron chi connectivity index (χ0n) is 11.2. The molecule has 1 aromatic rings. The van der Waals surface area contributed by atoms with Crippen molar-refractivity contribution in [2.45, 2.75) is 32.7 Å². The molecule has 0 amide bonds. The summed E-state index contributed by atoms with van der Waals surface area (Å²) < 4.78 is 9.89. The van der Waals surface area contributed by atoms with Crippen molar-refractivity contribution in [2.24, 2.45) is 0 Å². The zero-order valence-corrected chi connectivity index (χ0v) is 11.2. The fraction of sp³-hybridized carbons (Fsp3) is 0.500. The molecule has 1 unspecified atom stereocenters. The molecule has 4 heteroatoms. The summed E-state index contributed by atoms with van der Waals surface area (Å²) in [5.74, 6) is 0.727. The van der Waals surface area contributed by atoms with Crippen LogP contribution in [0.4, 0.5) is 0 Å². The van der Waals surface area contributed by atoms with Crippen LogP contribution in [0.3, 0.4) is 0 Å². The second kappa shape index (κ2) is 7.71. The number of hydrogen-bond donors (Lipinski definition) is 1. The van der Waals surface area contributed by atoms with Gasteiger partial charge in [-0.3, -0.25) is 0 Å². The maximum Gasteiger partial charge on any atom is 0.333 e. The summed E-state index contributed by atoms with van der Waals surface area (Å²) >= 11 is 0. The van der Waals surface area contributed by atoms with Crippen LogP contribution in [0.15, 0.2) is 34.5 Å². The van der Waals surface area contributed by atoms with Gasteiger partial charge in [0.25, 0.3) is 0 Å². The average molecular weight is 251 g/mol. The smallest absolute Gasteiger partial charge is 0.333 e. The number of esters is 1. The molecule has 100 valence electrons. The van der Waals surface area contributed by atoms with Gasteiger partial charge in [0.1, 0.15) is 5.76 Å². The molecule has 0 aliphatic carbocycles. The summed E-state index contributed by atoms with van der Waals surface area (Å²) in [6, 6.07) is 4.25. The van der Waals surface area contributed by atoms with Crippen molar-refractivity contribution in [1.29, 1.82) is 0 Å². The van der Waals surface area contributed by atoms with Crippen molar-refractivity contribution in [3.63, 3.8) is 0 Å². The second-order valence-corrected chi connectivity index (χ2v) is 4.31. The summed E-state index contributed by atoms with van der Waals surface area (Å²) in [4.78, 5) is 11.1. The van der Waals surface area contributed by atoms with E-state index < -0.39 is 0 Å². The Labute approximate surface area is 108 Å². The third-order valence-corrected chi connectivity index (χ3v) is 2.79. The minimum atomic E-state index is -0.278. The van der Waals surface area contributed by atoms with Crippen molar-refractivity contribution in [2.75, 3.05) is 13.7 Å². The minimum absolute atomic E-state index is 0.278. The third-order valence-electron chi connectivity index (χ3n) is 2.79. The Hall–Kier alpha value is -1.55. The van der Waals surface area contributed by atoms with Crippen molar-refractivity contribution >= 4 is 5.97 Å². The predicted octanol–water partition coefficient (Wildman–Crippen LogP) is 2.31. The van der Waals surface area contributed by atoms with Crippen LogP contribution in [0.1, 0.15) is 26.0 Å². The van der Waals surface area contributed by atoms with Gasteiger partial charge in [0, 0.05) is 24.6 Å². The first-order chi connectivity index (χ1) is 8.63. The van der Waals surface area contributed by atoms with E-state index in [-0.39, 0.29) is 5.97 Å². The van der Waals surface area contributed by atoms with E-state index in [1.807, 2.05) is 18.2 Å². The monoisotopic (exact) mass is 251 g/mol. The molecule has 18 heavy (non-hydrogen) atoms. The highest BCUT2D eigenvalue weighted by Gasteiger charge is 2.04. The van der Waals surface area contributed by atoms with Crippen LogP contribution < -0.4 is 5.32 Å². The van der Waals surface area contributed by atoms with Crippen molar-refractivity contribution < 1.29 is 13.9 Å². The van der Waals surface area contributed by atoms with Crippen LogP contribution in [-0.4, -0.2) is 25.7 Å². The van der Waals surface area contributed by atoms with Gasteiger partial charge in [0.15, 0.2) is 0 Å². The van der Waals surface area contributed by atoms with Crippen LogP contribution in [0.25, 0.3) is 0 Å². The molecule has 0 fully saturated rings. The Kier molecular flexibility index (Phi) is 6.22.